The molecule has 2 aliphatic heterocycles. The van der Waals surface area contributed by atoms with Gasteiger partial charge in [-0.05, 0) is 54.5 Å². The number of benzene rings is 2. The van der Waals surface area contributed by atoms with Crippen molar-refractivity contribution in [3.05, 3.63) is 47.3 Å². The molecule has 1 atom stereocenters. The maximum atomic E-state index is 15.2. The highest BCUT2D eigenvalue weighted by Crippen LogP contribution is 2.51. The van der Waals surface area contributed by atoms with E-state index in [0.717, 1.165) is 24.1 Å². The summed E-state index contributed by atoms with van der Waals surface area (Å²) < 4.78 is 26.0. The Labute approximate surface area is 169 Å². The molecule has 1 amide bonds. The molecule has 152 valence electrons. The van der Waals surface area contributed by atoms with Crippen molar-refractivity contribution < 1.29 is 18.7 Å². The number of halogens is 1. The number of carbonyl (C=O) groups is 1. The molecule has 5 nitrogen and oxygen atoms in total. The first-order chi connectivity index (χ1) is 13.8. The summed E-state index contributed by atoms with van der Waals surface area (Å²) in [5, 5.41) is 6.26. The molecule has 2 N–H and O–H groups in total. The van der Waals surface area contributed by atoms with Crippen LogP contribution in [0.25, 0.3) is 0 Å². The molecule has 29 heavy (non-hydrogen) atoms. The predicted octanol–water partition coefficient (Wildman–Crippen LogP) is 4.61. The molecule has 2 aromatic carbocycles. The second-order valence-electron chi connectivity index (χ2n) is 9.32. The van der Waals surface area contributed by atoms with E-state index >= 15 is 4.39 Å². The molecular weight excluding hydrogens is 371 g/mol. The minimum absolute atomic E-state index is 0.0201. The summed E-state index contributed by atoms with van der Waals surface area (Å²) in [6.07, 6.45) is 2.08. The van der Waals surface area contributed by atoms with Gasteiger partial charge in [0.15, 0.2) is 17.3 Å². The Kier molecular flexibility index (Phi) is 3.86. The van der Waals surface area contributed by atoms with Crippen LogP contribution in [0.5, 0.6) is 11.5 Å². The molecule has 1 aliphatic carbocycles. The smallest absolute Gasteiger partial charge is 0.235 e. The molecule has 2 aromatic rings. The number of amides is 1. The third-order valence-electron chi connectivity index (χ3n) is 6.38. The van der Waals surface area contributed by atoms with Gasteiger partial charge in [0, 0.05) is 17.3 Å². The second-order valence-corrected chi connectivity index (χ2v) is 9.32. The van der Waals surface area contributed by atoms with Crippen molar-refractivity contribution >= 4 is 17.3 Å². The molecule has 2 heterocycles. The Balaban J connectivity index is 1.38. The number of fused-ring (bicyclic) bond motifs is 2. The first-order valence-corrected chi connectivity index (χ1v) is 10.1. The van der Waals surface area contributed by atoms with Crippen molar-refractivity contribution in [2.75, 3.05) is 17.4 Å². The summed E-state index contributed by atoms with van der Waals surface area (Å²) in [5.41, 5.74) is 1.99. The second kappa shape index (κ2) is 6.12. The van der Waals surface area contributed by atoms with Crippen LogP contribution in [0.2, 0.25) is 0 Å². The van der Waals surface area contributed by atoms with E-state index in [1.165, 1.54) is 0 Å². The van der Waals surface area contributed by atoms with Crippen LogP contribution in [0.1, 0.15) is 44.7 Å². The predicted molar refractivity (Wildman–Crippen MR) is 109 cm³/mol. The van der Waals surface area contributed by atoms with Gasteiger partial charge >= 0.3 is 0 Å². The van der Waals surface area contributed by atoms with Crippen LogP contribution in [0.4, 0.5) is 15.8 Å². The minimum Gasteiger partial charge on any atom is -0.454 e. The fourth-order valence-corrected chi connectivity index (χ4v) is 4.23. The molecule has 0 saturated heterocycles. The van der Waals surface area contributed by atoms with Crippen LogP contribution < -0.4 is 20.1 Å². The topological polar surface area (TPSA) is 59.6 Å². The highest BCUT2D eigenvalue weighted by Gasteiger charge is 2.52. The molecule has 0 spiro atoms. The van der Waals surface area contributed by atoms with E-state index in [2.05, 4.69) is 31.4 Å². The van der Waals surface area contributed by atoms with Crippen molar-refractivity contribution in [3.8, 4) is 11.5 Å². The molecule has 0 aromatic heterocycles. The first kappa shape index (κ1) is 18.3. The minimum atomic E-state index is -0.626. The van der Waals surface area contributed by atoms with Gasteiger partial charge in [-0.15, -0.1) is 0 Å². The summed E-state index contributed by atoms with van der Waals surface area (Å²) in [7, 11) is 0. The van der Waals surface area contributed by atoms with Crippen LogP contribution >= 0.6 is 0 Å². The molecular formula is C23H25FN2O3. The van der Waals surface area contributed by atoms with Gasteiger partial charge in [0.1, 0.15) is 0 Å². The molecule has 6 heteroatoms. The average Bonchev–Trinajstić information content (AvgIpc) is 3.14. The van der Waals surface area contributed by atoms with Gasteiger partial charge in [0.25, 0.3) is 0 Å². The van der Waals surface area contributed by atoms with Crippen molar-refractivity contribution in [1.82, 2.24) is 0 Å². The summed E-state index contributed by atoms with van der Waals surface area (Å²) in [4.78, 5) is 13.1. The van der Waals surface area contributed by atoms with Crippen molar-refractivity contribution in [3.63, 3.8) is 0 Å². The Morgan fingerprint density at radius 2 is 1.93 bits per heavy atom. The lowest BCUT2D eigenvalue weighted by Crippen LogP contribution is -2.31. The highest BCUT2D eigenvalue weighted by molar-refractivity contribution is 6.01. The lowest BCUT2D eigenvalue weighted by Gasteiger charge is -2.27. The maximum Gasteiger partial charge on any atom is 0.235 e. The molecule has 0 bridgehead atoms. The number of nitrogens with one attached hydrogen (secondary N) is 2. The summed E-state index contributed by atoms with van der Waals surface area (Å²) in [6, 6.07) is 9.28. The van der Waals surface area contributed by atoms with E-state index < -0.39 is 5.41 Å². The number of anilines is 2. The van der Waals surface area contributed by atoms with Gasteiger partial charge in [-0.25, -0.2) is 4.39 Å². The number of ether oxygens (including phenoxy) is 2. The number of hydrogen-bond donors (Lipinski definition) is 2. The monoisotopic (exact) mass is 396 g/mol. The average molecular weight is 396 g/mol. The Bertz CT molecular complexity index is 1010. The summed E-state index contributed by atoms with van der Waals surface area (Å²) >= 11 is 0. The molecule has 1 unspecified atom stereocenters. The number of hydrogen-bond acceptors (Lipinski definition) is 4. The zero-order valence-corrected chi connectivity index (χ0v) is 16.9. The largest absolute Gasteiger partial charge is 0.454 e. The van der Waals surface area contributed by atoms with E-state index in [0.29, 0.717) is 23.5 Å². The molecule has 1 saturated carbocycles. The van der Waals surface area contributed by atoms with Crippen molar-refractivity contribution in [2.45, 2.75) is 51.5 Å². The fourth-order valence-electron chi connectivity index (χ4n) is 4.23. The zero-order chi connectivity index (χ0) is 20.4. The molecule has 3 aliphatic rings. The lowest BCUT2D eigenvalue weighted by molar-refractivity contribution is -0.118. The first-order valence-electron chi connectivity index (χ1n) is 10.1. The Morgan fingerprint density at radius 3 is 2.66 bits per heavy atom. The Hall–Kier alpha value is -2.76. The molecule has 0 radical (unpaired) electrons. The third kappa shape index (κ3) is 2.93. The quantitative estimate of drug-likeness (QED) is 0.796. The summed E-state index contributed by atoms with van der Waals surface area (Å²) in [5.74, 6) is 0.838. The van der Waals surface area contributed by atoms with Crippen LogP contribution in [-0.2, 0) is 16.6 Å². The molecule has 1 fully saturated rings. The lowest BCUT2D eigenvalue weighted by atomic mass is 9.85. The van der Waals surface area contributed by atoms with Gasteiger partial charge in [0.2, 0.25) is 12.7 Å². The van der Waals surface area contributed by atoms with Gasteiger partial charge in [-0.3, -0.25) is 4.79 Å². The zero-order valence-electron chi connectivity index (χ0n) is 16.9. The van der Waals surface area contributed by atoms with Crippen molar-refractivity contribution in [1.29, 1.82) is 0 Å². The van der Waals surface area contributed by atoms with Gasteiger partial charge in [-0.2, -0.15) is 0 Å². The van der Waals surface area contributed by atoms with Crippen LogP contribution in [0, 0.1) is 11.2 Å². The third-order valence-corrected chi connectivity index (χ3v) is 6.38. The highest BCUT2D eigenvalue weighted by atomic mass is 19.1. The van der Waals surface area contributed by atoms with Crippen molar-refractivity contribution in [2.24, 2.45) is 5.41 Å². The van der Waals surface area contributed by atoms with E-state index in [4.69, 9.17) is 9.47 Å². The normalized spacial score (nSPS) is 20.8. The van der Waals surface area contributed by atoms with E-state index in [9.17, 15) is 4.79 Å². The maximum absolute atomic E-state index is 15.2. The van der Waals surface area contributed by atoms with Gasteiger partial charge in [-0.1, -0.05) is 26.8 Å². The Morgan fingerprint density at radius 1 is 1.17 bits per heavy atom. The van der Waals surface area contributed by atoms with E-state index in [1.807, 2.05) is 24.3 Å². The van der Waals surface area contributed by atoms with E-state index in [-0.39, 0.29) is 35.7 Å². The van der Waals surface area contributed by atoms with Gasteiger partial charge in [0.05, 0.1) is 11.1 Å². The van der Waals surface area contributed by atoms with Crippen LogP contribution in [-0.4, -0.2) is 18.7 Å². The van der Waals surface area contributed by atoms with Gasteiger partial charge < -0.3 is 20.1 Å². The number of carbonyl (C=O) groups excluding carboxylic acids is 1. The fraction of sp³-hybridized carbons (Fsp3) is 0.435. The van der Waals surface area contributed by atoms with Crippen LogP contribution in [0.3, 0.4) is 0 Å². The summed E-state index contributed by atoms with van der Waals surface area (Å²) in [6.45, 7) is 6.61. The standard InChI is InChI=1S/C23H25FN2O3/c1-22(2,3)19-11-14-15(25-19)5-6-16(20(14)24)26-21(27)23(8-9-23)13-4-7-17-18(10-13)29-12-28-17/h4-7,10,19,25H,8-9,11-12H2,1-3H3,(H,26,27). The molecule has 5 rings (SSSR count). The SMILES string of the molecule is CC(C)(C)C1Cc2c(ccc(NC(=O)C3(c4ccc5c(c4)OCO5)CC3)c2F)N1. The number of rotatable bonds is 3. The van der Waals surface area contributed by atoms with E-state index in [1.54, 1.807) is 6.07 Å². The van der Waals surface area contributed by atoms with Crippen LogP contribution in [0.15, 0.2) is 30.3 Å².